The molecule has 4 nitrogen and oxygen atoms in total. The Morgan fingerprint density at radius 3 is 2.35 bits per heavy atom. The molecule has 17 heavy (non-hydrogen) atoms. The average molecular weight is 255 g/mol. The molecule has 0 aliphatic heterocycles. The summed E-state index contributed by atoms with van der Waals surface area (Å²) in [5, 5.41) is 0. The molecule has 94 valence electrons. The standard InChI is InChI=1S/C12H17NO3S/c1-17(14,15)12-6-4-10(5-7-12)16-11-3-2-9(13)8-11/h4-7,9,11H,2-3,8,13H2,1H3. The summed E-state index contributed by atoms with van der Waals surface area (Å²) in [6.45, 7) is 0. The number of hydrogen-bond donors (Lipinski definition) is 1. The van der Waals surface area contributed by atoms with Crippen LogP contribution in [-0.2, 0) is 9.84 Å². The van der Waals surface area contributed by atoms with Gasteiger partial charge in [-0.25, -0.2) is 8.42 Å². The second-order valence-electron chi connectivity index (χ2n) is 4.56. The van der Waals surface area contributed by atoms with Gasteiger partial charge in [-0.3, -0.25) is 0 Å². The number of ether oxygens (including phenoxy) is 1. The Labute approximate surface area is 102 Å². The number of benzene rings is 1. The minimum Gasteiger partial charge on any atom is -0.490 e. The minimum atomic E-state index is -3.13. The first kappa shape index (κ1) is 12.4. The highest BCUT2D eigenvalue weighted by molar-refractivity contribution is 7.90. The number of nitrogens with two attached hydrogens (primary N) is 1. The molecule has 1 aliphatic rings. The molecule has 5 heteroatoms. The molecule has 0 aromatic heterocycles. The van der Waals surface area contributed by atoms with E-state index < -0.39 is 9.84 Å². The molecule has 0 bridgehead atoms. The third-order valence-electron chi connectivity index (χ3n) is 2.98. The predicted octanol–water partition coefficient (Wildman–Crippen LogP) is 1.35. The fourth-order valence-corrected chi connectivity index (χ4v) is 2.67. The lowest BCUT2D eigenvalue weighted by Gasteiger charge is -2.13. The van der Waals surface area contributed by atoms with Crippen molar-refractivity contribution in [3.05, 3.63) is 24.3 Å². The molecule has 0 spiro atoms. The van der Waals surface area contributed by atoms with E-state index in [1.165, 1.54) is 6.26 Å². The van der Waals surface area contributed by atoms with Crippen molar-refractivity contribution in [2.24, 2.45) is 5.73 Å². The Bertz CT molecular complexity index is 481. The van der Waals surface area contributed by atoms with Crippen LogP contribution in [0.4, 0.5) is 0 Å². The van der Waals surface area contributed by atoms with Crippen molar-refractivity contribution in [3.63, 3.8) is 0 Å². The molecule has 1 fully saturated rings. The largest absolute Gasteiger partial charge is 0.490 e. The Morgan fingerprint density at radius 2 is 1.88 bits per heavy atom. The molecule has 0 heterocycles. The van der Waals surface area contributed by atoms with E-state index in [-0.39, 0.29) is 12.1 Å². The molecule has 1 aliphatic carbocycles. The van der Waals surface area contributed by atoms with Crippen molar-refractivity contribution < 1.29 is 13.2 Å². The number of sulfone groups is 1. The Balaban J connectivity index is 2.04. The van der Waals surface area contributed by atoms with Gasteiger partial charge in [-0.1, -0.05) is 0 Å². The van der Waals surface area contributed by atoms with Crippen molar-refractivity contribution >= 4 is 9.84 Å². The highest BCUT2D eigenvalue weighted by Crippen LogP contribution is 2.24. The van der Waals surface area contributed by atoms with E-state index in [9.17, 15) is 8.42 Å². The van der Waals surface area contributed by atoms with Gasteiger partial charge in [0.1, 0.15) is 11.9 Å². The van der Waals surface area contributed by atoms with E-state index in [2.05, 4.69) is 0 Å². The maximum atomic E-state index is 11.3. The van der Waals surface area contributed by atoms with Gasteiger partial charge in [0.25, 0.3) is 0 Å². The van der Waals surface area contributed by atoms with Crippen molar-refractivity contribution in [1.29, 1.82) is 0 Å². The summed E-state index contributed by atoms with van der Waals surface area (Å²) in [5.74, 6) is 0.705. The van der Waals surface area contributed by atoms with Crippen molar-refractivity contribution in [1.82, 2.24) is 0 Å². The monoisotopic (exact) mass is 255 g/mol. The summed E-state index contributed by atoms with van der Waals surface area (Å²) in [6, 6.07) is 6.76. The summed E-state index contributed by atoms with van der Waals surface area (Å²) in [4.78, 5) is 0.313. The van der Waals surface area contributed by atoms with E-state index in [1.54, 1.807) is 24.3 Å². The maximum absolute atomic E-state index is 11.3. The van der Waals surface area contributed by atoms with Crippen LogP contribution in [-0.4, -0.2) is 26.8 Å². The van der Waals surface area contributed by atoms with Gasteiger partial charge < -0.3 is 10.5 Å². The topological polar surface area (TPSA) is 69.4 Å². The minimum absolute atomic E-state index is 0.161. The van der Waals surface area contributed by atoms with Gasteiger partial charge in [-0.15, -0.1) is 0 Å². The van der Waals surface area contributed by atoms with E-state index in [0.29, 0.717) is 10.6 Å². The quantitative estimate of drug-likeness (QED) is 0.885. The molecule has 0 radical (unpaired) electrons. The van der Waals surface area contributed by atoms with Crippen LogP contribution >= 0.6 is 0 Å². The van der Waals surface area contributed by atoms with Crippen LogP contribution in [0.2, 0.25) is 0 Å². The first-order valence-electron chi connectivity index (χ1n) is 5.67. The van der Waals surface area contributed by atoms with E-state index in [4.69, 9.17) is 10.5 Å². The lowest BCUT2D eigenvalue weighted by atomic mass is 10.3. The second kappa shape index (κ2) is 4.66. The Kier molecular flexibility index (Phi) is 3.40. The Morgan fingerprint density at radius 1 is 1.24 bits per heavy atom. The first-order valence-corrected chi connectivity index (χ1v) is 7.56. The van der Waals surface area contributed by atoms with Crippen LogP contribution in [0.1, 0.15) is 19.3 Å². The van der Waals surface area contributed by atoms with Crippen LogP contribution < -0.4 is 10.5 Å². The fourth-order valence-electron chi connectivity index (χ4n) is 2.04. The molecule has 2 N–H and O–H groups in total. The normalized spacial score (nSPS) is 24.8. The summed E-state index contributed by atoms with van der Waals surface area (Å²) >= 11 is 0. The van der Waals surface area contributed by atoms with Crippen LogP contribution in [0.3, 0.4) is 0 Å². The van der Waals surface area contributed by atoms with E-state index in [1.807, 2.05) is 0 Å². The molecule has 2 atom stereocenters. The van der Waals surface area contributed by atoms with Gasteiger partial charge in [0.2, 0.25) is 0 Å². The first-order chi connectivity index (χ1) is 7.95. The van der Waals surface area contributed by atoms with E-state index >= 15 is 0 Å². The Hall–Kier alpha value is -1.07. The summed E-state index contributed by atoms with van der Waals surface area (Å²) in [5.41, 5.74) is 5.80. The van der Waals surface area contributed by atoms with Crippen LogP contribution in [0, 0.1) is 0 Å². The average Bonchev–Trinajstić information content (AvgIpc) is 2.63. The predicted molar refractivity (Wildman–Crippen MR) is 65.8 cm³/mol. The zero-order valence-corrected chi connectivity index (χ0v) is 10.6. The molecule has 1 aromatic rings. The smallest absolute Gasteiger partial charge is 0.175 e. The van der Waals surface area contributed by atoms with Crippen LogP contribution in [0.25, 0.3) is 0 Å². The zero-order valence-electron chi connectivity index (χ0n) is 9.80. The van der Waals surface area contributed by atoms with E-state index in [0.717, 1.165) is 19.3 Å². The molecule has 2 rings (SSSR count). The third-order valence-corrected chi connectivity index (χ3v) is 4.11. The molecular formula is C12H17NO3S. The van der Waals surface area contributed by atoms with Gasteiger partial charge in [0.05, 0.1) is 4.90 Å². The fraction of sp³-hybridized carbons (Fsp3) is 0.500. The summed E-state index contributed by atoms with van der Waals surface area (Å²) in [7, 11) is -3.13. The SMILES string of the molecule is CS(=O)(=O)c1ccc(OC2CCC(N)C2)cc1. The highest BCUT2D eigenvalue weighted by atomic mass is 32.2. The van der Waals surface area contributed by atoms with Crippen molar-refractivity contribution in [3.8, 4) is 5.75 Å². The summed E-state index contributed by atoms with van der Waals surface area (Å²) < 4.78 is 28.3. The molecule has 1 aromatic carbocycles. The molecular weight excluding hydrogens is 238 g/mol. The lowest BCUT2D eigenvalue weighted by molar-refractivity contribution is 0.208. The molecule has 0 saturated heterocycles. The van der Waals surface area contributed by atoms with Gasteiger partial charge >= 0.3 is 0 Å². The molecule has 0 amide bonds. The molecule has 1 saturated carbocycles. The molecule has 2 unspecified atom stereocenters. The van der Waals surface area contributed by atoms with Crippen LogP contribution in [0.15, 0.2) is 29.2 Å². The zero-order chi connectivity index (χ0) is 12.5. The van der Waals surface area contributed by atoms with Crippen molar-refractivity contribution in [2.45, 2.75) is 36.3 Å². The van der Waals surface area contributed by atoms with Crippen molar-refractivity contribution in [2.75, 3.05) is 6.26 Å². The lowest BCUT2D eigenvalue weighted by Crippen LogP contribution is -2.19. The number of rotatable bonds is 3. The second-order valence-corrected chi connectivity index (χ2v) is 6.57. The summed E-state index contributed by atoms with van der Waals surface area (Å²) in [6.07, 6.45) is 4.18. The maximum Gasteiger partial charge on any atom is 0.175 e. The number of hydrogen-bond acceptors (Lipinski definition) is 4. The van der Waals surface area contributed by atoms with Gasteiger partial charge in [0.15, 0.2) is 9.84 Å². The van der Waals surface area contributed by atoms with Gasteiger partial charge in [-0.05, 0) is 43.5 Å². The van der Waals surface area contributed by atoms with Gasteiger partial charge in [-0.2, -0.15) is 0 Å². The van der Waals surface area contributed by atoms with Gasteiger partial charge in [0, 0.05) is 12.3 Å². The highest BCUT2D eigenvalue weighted by Gasteiger charge is 2.23. The third kappa shape index (κ3) is 3.20. The van der Waals surface area contributed by atoms with Crippen LogP contribution in [0.5, 0.6) is 5.75 Å².